The van der Waals surface area contributed by atoms with E-state index in [2.05, 4.69) is 11.9 Å². The summed E-state index contributed by atoms with van der Waals surface area (Å²) in [5.74, 6) is 1.48. The number of hydrogen-bond donors (Lipinski definition) is 0. The molecule has 16 heavy (non-hydrogen) atoms. The molecule has 3 heteroatoms. The molecule has 0 spiro atoms. The highest BCUT2D eigenvalue weighted by molar-refractivity contribution is 7.09. The summed E-state index contributed by atoms with van der Waals surface area (Å²) in [5, 5.41) is 3.11. The molecule has 2 atom stereocenters. The Balaban J connectivity index is 1.93. The first kappa shape index (κ1) is 11.8. The minimum atomic E-state index is 0.247. The highest BCUT2D eigenvalue weighted by Gasteiger charge is 2.28. The largest absolute Gasteiger partial charge is 0.299 e. The van der Waals surface area contributed by atoms with Crippen LogP contribution >= 0.6 is 11.3 Å². The maximum Gasteiger partial charge on any atom is 0.136 e. The molecule has 0 amide bonds. The van der Waals surface area contributed by atoms with Gasteiger partial charge in [0.1, 0.15) is 5.78 Å². The van der Waals surface area contributed by atoms with Crippen LogP contribution in [0.5, 0.6) is 0 Å². The molecular weight excluding hydrogens is 218 g/mol. The lowest BCUT2D eigenvalue weighted by atomic mass is 9.77. The first-order chi connectivity index (χ1) is 7.79. The van der Waals surface area contributed by atoms with Crippen LogP contribution in [0.25, 0.3) is 0 Å². The molecule has 0 aliphatic heterocycles. The summed E-state index contributed by atoms with van der Waals surface area (Å²) in [4.78, 5) is 16.1. The number of ketones is 1. The average Bonchev–Trinajstić information content (AvgIpc) is 2.76. The summed E-state index contributed by atoms with van der Waals surface area (Å²) in [7, 11) is 0. The molecule has 2 unspecified atom stereocenters. The van der Waals surface area contributed by atoms with Gasteiger partial charge in [-0.15, -0.1) is 11.3 Å². The van der Waals surface area contributed by atoms with Crippen molar-refractivity contribution in [1.29, 1.82) is 0 Å². The standard InChI is InChI=1S/C13H19NOS/c1-2-3-10-4-5-12(15)11(8-10)9-13-14-6-7-16-13/h6-7,10-11H,2-5,8-9H2,1H3. The number of thiazole rings is 1. The van der Waals surface area contributed by atoms with Crippen molar-refractivity contribution in [2.75, 3.05) is 0 Å². The van der Waals surface area contributed by atoms with Crippen LogP contribution in [0.2, 0.25) is 0 Å². The van der Waals surface area contributed by atoms with Gasteiger partial charge in [0.25, 0.3) is 0 Å². The Morgan fingerprint density at radius 2 is 2.44 bits per heavy atom. The molecule has 1 heterocycles. The van der Waals surface area contributed by atoms with Crippen LogP contribution in [0.3, 0.4) is 0 Å². The summed E-state index contributed by atoms with van der Waals surface area (Å²) in [6.45, 7) is 2.23. The van der Waals surface area contributed by atoms with E-state index in [9.17, 15) is 4.79 Å². The van der Waals surface area contributed by atoms with Crippen molar-refractivity contribution in [3.8, 4) is 0 Å². The fraction of sp³-hybridized carbons (Fsp3) is 0.692. The molecule has 1 aliphatic rings. The lowest BCUT2D eigenvalue weighted by molar-refractivity contribution is -0.125. The number of rotatable bonds is 4. The molecule has 0 bridgehead atoms. The van der Waals surface area contributed by atoms with Gasteiger partial charge in [0.05, 0.1) is 5.01 Å². The fourth-order valence-corrected chi connectivity index (χ4v) is 3.33. The van der Waals surface area contributed by atoms with Gasteiger partial charge in [-0.2, -0.15) is 0 Å². The molecule has 2 rings (SSSR count). The fourth-order valence-electron chi connectivity index (χ4n) is 2.63. The van der Waals surface area contributed by atoms with E-state index in [-0.39, 0.29) is 5.92 Å². The van der Waals surface area contributed by atoms with Crippen molar-refractivity contribution >= 4 is 17.1 Å². The summed E-state index contributed by atoms with van der Waals surface area (Å²) >= 11 is 1.67. The summed E-state index contributed by atoms with van der Waals surface area (Å²) in [5.41, 5.74) is 0. The zero-order valence-corrected chi connectivity index (χ0v) is 10.6. The lowest BCUT2D eigenvalue weighted by Gasteiger charge is -2.27. The average molecular weight is 237 g/mol. The van der Waals surface area contributed by atoms with Crippen LogP contribution in [0.15, 0.2) is 11.6 Å². The summed E-state index contributed by atoms with van der Waals surface area (Å²) < 4.78 is 0. The Bertz CT molecular complexity index is 334. The smallest absolute Gasteiger partial charge is 0.136 e. The molecule has 0 aromatic carbocycles. The van der Waals surface area contributed by atoms with E-state index in [4.69, 9.17) is 0 Å². The van der Waals surface area contributed by atoms with Crippen molar-refractivity contribution in [1.82, 2.24) is 4.98 Å². The Hall–Kier alpha value is -0.700. The van der Waals surface area contributed by atoms with Crippen molar-refractivity contribution < 1.29 is 4.79 Å². The third kappa shape index (κ3) is 2.91. The normalized spacial score (nSPS) is 25.9. The molecule has 1 aromatic heterocycles. The van der Waals surface area contributed by atoms with E-state index < -0.39 is 0 Å². The van der Waals surface area contributed by atoms with Gasteiger partial charge in [0.2, 0.25) is 0 Å². The monoisotopic (exact) mass is 237 g/mol. The number of nitrogens with zero attached hydrogens (tertiary/aromatic N) is 1. The van der Waals surface area contributed by atoms with Gasteiger partial charge in [0, 0.05) is 30.3 Å². The molecule has 1 aromatic rings. The van der Waals surface area contributed by atoms with Crippen molar-refractivity contribution in [2.45, 2.75) is 45.4 Å². The highest BCUT2D eigenvalue weighted by atomic mass is 32.1. The maximum atomic E-state index is 11.8. The molecule has 1 aliphatic carbocycles. The first-order valence-electron chi connectivity index (χ1n) is 6.20. The molecule has 2 nitrogen and oxygen atoms in total. The number of carbonyl (C=O) groups excluding carboxylic acids is 1. The molecule has 0 N–H and O–H groups in total. The molecule has 1 saturated carbocycles. The number of aromatic nitrogens is 1. The molecule has 0 radical (unpaired) electrons. The number of carbonyl (C=O) groups is 1. The van der Waals surface area contributed by atoms with Gasteiger partial charge in [-0.1, -0.05) is 19.8 Å². The second-order valence-corrected chi connectivity index (χ2v) is 5.70. The minimum absolute atomic E-state index is 0.247. The van der Waals surface area contributed by atoms with Crippen LogP contribution in [0.1, 0.15) is 44.0 Å². The first-order valence-corrected chi connectivity index (χ1v) is 7.08. The van der Waals surface area contributed by atoms with Crippen LogP contribution in [-0.2, 0) is 11.2 Å². The Kier molecular flexibility index (Phi) is 4.10. The molecule has 0 saturated heterocycles. The lowest BCUT2D eigenvalue weighted by Crippen LogP contribution is -2.26. The van der Waals surface area contributed by atoms with E-state index in [0.29, 0.717) is 5.78 Å². The Morgan fingerprint density at radius 1 is 1.56 bits per heavy atom. The minimum Gasteiger partial charge on any atom is -0.299 e. The predicted molar refractivity (Wildman–Crippen MR) is 66.6 cm³/mol. The van der Waals surface area contributed by atoms with Gasteiger partial charge in [-0.25, -0.2) is 4.98 Å². The van der Waals surface area contributed by atoms with Crippen LogP contribution in [0.4, 0.5) is 0 Å². The topological polar surface area (TPSA) is 30.0 Å². The van der Waals surface area contributed by atoms with E-state index in [1.807, 2.05) is 11.6 Å². The summed E-state index contributed by atoms with van der Waals surface area (Å²) in [6.07, 6.45) is 8.21. The quantitative estimate of drug-likeness (QED) is 0.802. The third-order valence-electron chi connectivity index (χ3n) is 3.47. The van der Waals surface area contributed by atoms with Crippen molar-refractivity contribution in [3.05, 3.63) is 16.6 Å². The Morgan fingerprint density at radius 3 is 3.12 bits per heavy atom. The van der Waals surface area contributed by atoms with Gasteiger partial charge < -0.3 is 0 Å². The van der Waals surface area contributed by atoms with Crippen molar-refractivity contribution in [3.63, 3.8) is 0 Å². The zero-order chi connectivity index (χ0) is 11.4. The zero-order valence-electron chi connectivity index (χ0n) is 9.82. The van der Waals surface area contributed by atoms with Crippen LogP contribution < -0.4 is 0 Å². The van der Waals surface area contributed by atoms with E-state index in [1.165, 1.54) is 12.8 Å². The highest BCUT2D eigenvalue weighted by Crippen LogP contribution is 2.31. The van der Waals surface area contributed by atoms with Crippen LogP contribution in [-0.4, -0.2) is 10.8 Å². The van der Waals surface area contributed by atoms with E-state index >= 15 is 0 Å². The van der Waals surface area contributed by atoms with Crippen LogP contribution in [0, 0.1) is 11.8 Å². The van der Waals surface area contributed by atoms with Crippen molar-refractivity contribution in [2.24, 2.45) is 11.8 Å². The summed E-state index contributed by atoms with van der Waals surface area (Å²) in [6, 6.07) is 0. The van der Waals surface area contributed by atoms with Gasteiger partial charge in [0.15, 0.2) is 0 Å². The van der Waals surface area contributed by atoms with E-state index in [1.54, 1.807) is 11.3 Å². The Labute approximate surface area is 101 Å². The number of Topliss-reactive ketones (excluding diaryl/α,β-unsaturated/α-hetero) is 1. The third-order valence-corrected chi connectivity index (χ3v) is 4.28. The number of hydrogen-bond acceptors (Lipinski definition) is 3. The SMILES string of the molecule is CCCC1CCC(=O)C(Cc2nccs2)C1. The molecule has 88 valence electrons. The van der Waals surface area contributed by atoms with E-state index in [0.717, 1.165) is 36.6 Å². The molecule has 1 fully saturated rings. The molecular formula is C13H19NOS. The predicted octanol–water partition coefficient (Wildman–Crippen LogP) is 3.47. The maximum absolute atomic E-state index is 11.8. The second-order valence-electron chi connectivity index (χ2n) is 4.72. The second kappa shape index (κ2) is 5.58. The van der Waals surface area contributed by atoms with Gasteiger partial charge in [-0.3, -0.25) is 4.79 Å². The van der Waals surface area contributed by atoms with Gasteiger partial charge >= 0.3 is 0 Å². The van der Waals surface area contributed by atoms with Gasteiger partial charge in [-0.05, 0) is 18.8 Å².